The highest BCUT2D eigenvalue weighted by Gasteiger charge is 2.26. The van der Waals surface area contributed by atoms with Gasteiger partial charge in [-0.15, -0.1) is 0 Å². The van der Waals surface area contributed by atoms with E-state index in [1.165, 1.54) is 25.7 Å². The molecular formula is C16H38. The zero-order chi connectivity index (χ0) is 13.6. The number of rotatable bonds is 1. The summed E-state index contributed by atoms with van der Waals surface area (Å²) in [6, 6.07) is 0. The zero-order valence-electron chi connectivity index (χ0n) is 13.6. The first-order valence-electron chi connectivity index (χ1n) is 7.65. The van der Waals surface area contributed by atoms with Gasteiger partial charge in [-0.2, -0.15) is 0 Å². The molecule has 0 aliphatic heterocycles. The van der Waals surface area contributed by atoms with Gasteiger partial charge in [0.15, 0.2) is 0 Å². The van der Waals surface area contributed by atoms with Crippen molar-refractivity contribution in [1.82, 2.24) is 0 Å². The minimum absolute atomic E-state index is 0.995. The third-order valence-corrected chi connectivity index (χ3v) is 2.96. The maximum Gasteiger partial charge on any atom is -0.0412 e. The van der Waals surface area contributed by atoms with Crippen molar-refractivity contribution in [2.24, 2.45) is 17.8 Å². The summed E-state index contributed by atoms with van der Waals surface area (Å²) in [5, 5.41) is 0. The Morgan fingerprint density at radius 3 is 1.12 bits per heavy atom. The number of hydrogen-bond donors (Lipinski definition) is 0. The van der Waals surface area contributed by atoms with E-state index in [0.29, 0.717) is 0 Å². The van der Waals surface area contributed by atoms with Crippen LogP contribution >= 0.6 is 0 Å². The first-order valence-corrected chi connectivity index (χ1v) is 7.65. The summed E-state index contributed by atoms with van der Waals surface area (Å²) < 4.78 is 0. The van der Waals surface area contributed by atoms with Crippen molar-refractivity contribution in [3.8, 4) is 0 Å². The molecule has 0 heterocycles. The maximum absolute atomic E-state index is 2.39. The van der Waals surface area contributed by atoms with Gasteiger partial charge in [0.1, 0.15) is 0 Å². The van der Waals surface area contributed by atoms with E-state index in [1.807, 2.05) is 27.7 Å². The van der Waals surface area contributed by atoms with E-state index < -0.39 is 0 Å². The molecule has 1 aliphatic rings. The minimum Gasteiger partial charge on any atom is -0.0683 e. The quantitative estimate of drug-likeness (QED) is 0.479. The standard InChI is InChI=1S/C9H18.C3H8.2C2H6/c1-4-9-5-7(2)8(3)6-9;1-3-2;2*1-2/h7-9H,4-6H2,1-3H3;3H2,1-2H3;2*1-2H3. The first kappa shape index (κ1) is 21.3. The number of hydrogen-bond acceptors (Lipinski definition) is 0. The van der Waals surface area contributed by atoms with Crippen LogP contribution in [0.1, 0.15) is 88.0 Å². The molecular weight excluding hydrogens is 192 g/mol. The summed E-state index contributed by atoms with van der Waals surface area (Å²) in [5.41, 5.74) is 0. The molecule has 2 unspecified atom stereocenters. The Bertz CT molecular complexity index is 86.2. The lowest BCUT2D eigenvalue weighted by Gasteiger charge is -2.04. The van der Waals surface area contributed by atoms with Gasteiger partial charge in [-0.05, 0) is 30.6 Å². The van der Waals surface area contributed by atoms with E-state index in [4.69, 9.17) is 0 Å². The Balaban J connectivity index is -0.000000206. The smallest absolute Gasteiger partial charge is 0.0412 e. The topological polar surface area (TPSA) is 0 Å². The second kappa shape index (κ2) is 17.4. The summed E-state index contributed by atoms with van der Waals surface area (Å²) in [5.74, 6) is 3.04. The van der Waals surface area contributed by atoms with Gasteiger partial charge in [0.05, 0.1) is 0 Å². The third-order valence-electron chi connectivity index (χ3n) is 2.96. The average molecular weight is 230 g/mol. The fourth-order valence-electron chi connectivity index (χ4n) is 1.95. The van der Waals surface area contributed by atoms with Crippen molar-refractivity contribution in [2.45, 2.75) is 88.0 Å². The Morgan fingerprint density at radius 1 is 0.750 bits per heavy atom. The van der Waals surface area contributed by atoms with Gasteiger partial charge in [0.25, 0.3) is 0 Å². The molecule has 0 heteroatoms. The van der Waals surface area contributed by atoms with Crippen molar-refractivity contribution >= 4 is 0 Å². The molecule has 0 bridgehead atoms. The predicted octanol–water partition coefficient (Wildman–Crippen LogP) is 6.55. The fourth-order valence-corrected chi connectivity index (χ4v) is 1.95. The van der Waals surface area contributed by atoms with Gasteiger partial charge in [0, 0.05) is 0 Å². The van der Waals surface area contributed by atoms with Crippen LogP contribution < -0.4 is 0 Å². The van der Waals surface area contributed by atoms with Crippen LogP contribution in [0.5, 0.6) is 0 Å². The highest BCUT2D eigenvalue weighted by Crippen LogP contribution is 2.36. The lowest BCUT2D eigenvalue weighted by Crippen LogP contribution is -1.95. The molecule has 2 atom stereocenters. The molecule has 0 amide bonds. The van der Waals surface area contributed by atoms with Crippen LogP contribution in [0.2, 0.25) is 0 Å². The second-order valence-corrected chi connectivity index (χ2v) is 4.41. The van der Waals surface area contributed by atoms with Crippen LogP contribution in [-0.2, 0) is 0 Å². The molecule has 0 aromatic rings. The summed E-state index contributed by atoms with van der Waals surface area (Å²) in [7, 11) is 0. The van der Waals surface area contributed by atoms with Crippen molar-refractivity contribution < 1.29 is 0 Å². The van der Waals surface area contributed by atoms with Crippen LogP contribution in [0.3, 0.4) is 0 Å². The van der Waals surface area contributed by atoms with E-state index in [2.05, 4.69) is 34.6 Å². The largest absolute Gasteiger partial charge is 0.0683 e. The molecule has 0 N–H and O–H groups in total. The van der Waals surface area contributed by atoms with Gasteiger partial charge < -0.3 is 0 Å². The molecule has 0 spiro atoms. The van der Waals surface area contributed by atoms with Gasteiger partial charge in [0.2, 0.25) is 0 Å². The highest BCUT2D eigenvalue weighted by molar-refractivity contribution is 4.76. The molecule has 0 aromatic heterocycles. The first-order chi connectivity index (χ1) is 7.65. The zero-order valence-corrected chi connectivity index (χ0v) is 13.6. The van der Waals surface area contributed by atoms with E-state index in [-0.39, 0.29) is 0 Å². The molecule has 0 aromatic carbocycles. The van der Waals surface area contributed by atoms with E-state index in [1.54, 1.807) is 0 Å². The fraction of sp³-hybridized carbons (Fsp3) is 1.00. The van der Waals surface area contributed by atoms with E-state index in [9.17, 15) is 0 Å². The molecule has 0 saturated heterocycles. The minimum atomic E-state index is 0.995. The molecule has 16 heavy (non-hydrogen) atoms. The third kappa shape index (κ3) is 12.1. The van der Waals surface area contributed by atoms with E-state index >= 15 is 0 Å². The van der Waals surface area contributed by atoms with Gasteiger partial charge >= 0.3 is 0 Å². The van der Waals surface area contributed by atoms with Crippen molar-refractivity contribution in [3.05, 3.63) is 0 Å². The maximum atomic E-state index is 2.39. The summed E-state index contributed by atoms with van der Waals surface area (Å²) in [4.78, 5) is 0. The molecule has 1 saturated carbocycles. The lowest BCUT2D eigenvalue weighted by atomic mass is 10.0. The molecule has 1 rings (SSSR count). The Hall–Kier alpha value is 0. The van der Waals surface area contributed by atoms with Crippen LogP contribution in [0.15, 0.2) is 0 Å². The molecule has 1 aliphatic carbocycles. The van der Waals surface area contributed by atoms with Crippen molar-refractivity contribution in [2.75, 3.05) is 0 Å². The molecule has 1 fully saturated rings. The van der Waals surface area contributed by atoms with E-state index in [0.717, 1.165) is 17.8 Å². The highest BCUT2D eigenvalue weighted by atomic mass is 14.3. The van der Waals surface area contributed by atoms with Crippen molar-refractivity contribution in [3.63, 3.8) is 0 Å². The Labute approximate surface area is 106 Å². The lowest BCUT2D eigenvalue weighted by molar-refractivity contribution is 0.457. The SMILES string of the molecule is CC.CC.CCC.CCC1CC(C)C(C)C1. The monoisotopic (exact) mass is 230 g/mol. The van der Waals surface area contributed by atoms with Crippen molar-refractivity contribution in [1.29, 1.82) is 0 Å². The van der Waals surface area contributed by atoms with Crippen LogP contribution in [0.25, 0.3) is 0 Å². The second-order valence-electron chi connectivity index (χ2n) is 4.41. The predicted molar refractivity (Wildman–Crippen MR) is 80.0 cm³/mol. The van der Waals surface area contributed by atoms with Crippen LogP contribution in [-0.4, -0.2) is 0 Å². The van der Waals surface area contributed by atoms with Crippen LogP contribution in [0, 0.1) is 17.8 Å². The summed E-state index contributed by atoms with van der Waals surface area (Å²) in [6.07, 6.45) is 5.62. The van der Waals surface area contributed by atoms with Gasteiger partial charge in [-0.1, -0.05) is 75.2 Å². The Morgan fingerprint density at radius 2 is 1.00 bits per heavy atom. The molecule has 0 radical (unpaired) electrons. The average Bonchev–Trinajstić information content (AvgIpc) is 2.65. The molecule has 102 valence electrons. The molecule has 0 nitrogen and oxygen atoms in total. The van der Waals surface area contributed by atoms with Gasteiger partial charge in [-0.25, -0.2) is 0 Å². The van der Waals surface area contributed by atoms with Gasteiger partial charge in [-0.3, -0.25) is 0 Å². The van der Waals surface area contributed by atoms with Crippen LogP contribution in [0.4, 0.5) is 0 Å². The summed E-state index contributed by atoms with van der Waals surface area (Å²) in [6.45, 7) is 19.3. The summed E-state index contributed by atoms with van der Waals surface area (Å²) >= 11 is 0. The Kier molecular flexibility index (Phi) is 23.2. The normalized spacial score (nSPS) is 26.4.